The van der Waals surface area contributed by atoms with Gasteiger partial charge in [-0.15, -0.1) is 0 Å². The van der Waals surface area contributed by atoms with Crippen LogP contribution in [0.15, 0.2) is 47.4 Å². The van der Waals surface area contributed by atoms with Gasteiger partial charge >= 0.3 is 0 Å². The first-order valence-electron chi connectivity index (χ1n) is 7.89. The highest BCUT2D eigenvalue weighted by atomic mass is 19.1. The Morgan fingerprint density at radius 1 is 1.16 bits per heavy atom. The van der Waals surface area contributed by atoms with E-state index in [1.165, 1.54) is 12.3 Å². The largest absolute Gasteiger partial charge is 0.343 e. The van der Waals surface area contributed by atoms with E-state index >= 15 is 0 Å². The van der Waals surface area contributed by atoms with Crippen LogP contribution in [-0.2, 0) is 6.42 Å². The van der Waals surface area contributed by atoms with E-state index in [9.17, 15) is 18.4 Å². The smallest absolute Gasteiger partial charge is 0.261 e. The summed E-state index contributed by atoms with van der Waals surface area (Å²) in [5, 5.41) is 2.61. The molecule has 1 atom stereocenters. The summed E-state index contributed by atoms with van der Waals surface area (Å²) in [6, 6.07) is 8.78. The predicted molar refractivity (Wildman–Crippen MR) is 90.9 cm³/mol. The number of anilines is 1. The number of pyridine rings is 1. The monoisotopic (exact) mass is 340 g/mol. The Labute approximate surface area is 141 Å². The molecule has 25 heavy (non-hydrogen) atoms. The van der Waals surface area contributed by atoms with Crippen LogP contribution in [0, 0.1) is 11.6 Å². The summed E-state index contributed by atoms with van der Waals surface area (Å²) >= 11 is 0. The molecule has 2 heterocycles. The summed E-state index contributed by atoms with van der Waals surface area (Å²) in [5.74, 6) is -2.62. The van der Waals surface area contributed by atoms with Crippen molar-refractivity contribution in [1.29, 1.82) is 0 Å². The van der Waals surface area contributed by atoms with Crippen LogP contribution in [0.5, 0.6) is 0 Å². The third kappa shape index (κ3) is 2.33. The number of amides is 1. The first kappa shape index (κ1) is 15.5. The number of aromatic nitrogens is 1. The van der Waals surface area contributed by atoms with Crippen LogP contribution in [0.2, 0.25) is 0 Å². The molecule has 1 amide bonds. The Bertz CT molecular complexity index is 1070. The Morgan fingerprint density at radius 3 is 2.56 bits per heavy atom. The van der Waals surface area contributed by atoms with Crippen molar-refractivity contribution >= 4 is 22.5 Å². The molecular formula is C19H14F2N2O2. The quantitative estimate of drug-likeness (QED) is 0.774. The molecule has 0 bridgehead atoms. The molecule has 3 aromatic rings. The van der Waals surface area contributed by atoms with Crippen LogP contribution in [0.25, 0.3) is 10.9 Å². The summed E-state index contributed by atoms with van der Waals surface area (Å²) in [6.07, 6.45) is 2.24. The van der Waals surface area contributed by atoms with Gasteiger partial charge in [0, 0.05) is 17.6 Å². The number of nitrogens with zero attached hydrogens (tertiary/aromatic N) is 1. The lowest BCUT2D eigenvalue weighted by Gasteiger charge is -2.13. The van der Waals surface area contributed by atoms with Crippen molar-refractivity contribution in [2.45, 2.75) is 19.4 Å². The molecule has 4 rings (SSSR count). The Kier molecular flexibility index (Phi) is 3.42. The molecule has 0 unspecified atom stereocenters. The van der Waals surface area contributed by atoms with E-state index in [4.69, 9.17) is 0 Å². The third-order valence-electron chi connectivity index (χ3n) is 4.57. The number of carbonyl (C=O) groups excluding carboxylic acids is 1. The van der Waals surface area contributed by atoms with Crippen LogP contribution < -0.4 is 10.7 Å². The van der Waals surface area contributed by atoms with Gasteiger partial charge in [-0.3, -0.25) is 9.59 Å². The van der Waals surface area contributed by atoms with Gasteiger partial charge in [-0.25, -0.2) is 8.78 Å². The number of rotatable bonds is 2. The van der Waals surface area contributed by atoms with E-state index in [0.717, 1.165) is 29.6 Å². The van der Waals surface area contributed by atoms with Gasteiger partial charge in [0.05, 0.1) is 5.52 Å². The maximum atomic E-state index is 13.8. The molecule has 0 aliphatic carbocycles. The summed E-state index contributed by atoms with van der Waals surface area (Å²) < 4.78 is 29.4. The molecule has 4 nitrogen and oxygen atoms in total. The number of hydrogen-bond donors (Lipinski definition) is 1. The van der Waals surface area contributed by atoms with Crippen molar-refractivity contribution in [2.75, 3.05) is 5.32 Å². The lowest BCUT2D eigenvalue weighted by atomic mass is 10.1. The van der Waals surface area contributed by atoms with Gasteiger partial charge in [-0.05, 0) is 37.1 Å². The molecule has 1 aliphatic rings. The number of carbonyl (C=O) groups is 1. The van der Waals surface area contributed by atoms with E-state index in [1.807, 2.05) is 17.6 Å². The van der Waals surface area contributed by atoms with Crippen molar-refractivity contribution in [3.63, 3.8) is 0 Å². The Hall–Kier alpha value is -3.02. The topological polar surface area (TPSA) is 51.1 Å². The normalized spacial score (nSPS) is 15.6. The van der Waals surface area contributed by atoms with Gasteiger partial charge in [-0.1, -0.05) is 18.2 Å². The fourth-order valence-electron chi connectivity index (χ4n) is 3.38. The zero-order valence-electron chi connectivity index (χ0n) is 13.3. The molecule has 0 saturated carbocycles. The highest BCUT2D eigenvalue weighted by Crippen LogP contribution is 2.31. The second kappa shape index (κ2) is 5.51. The molecule has 0 spiro atoms. The summed E-state index contributed by atoms with van der Waals surface area (Å²) in [4.78, 5) is 25.2. The van der Waals surface area contributed by atoms with Gasteiger partial charge < -0.3 is 9.88 Å². The number of nitrogens with one attached hydrogen (secondary N) is 1. The second-order valence-electron chi connectivity index (χ2n) is 6.20. The van der Waals surface area contributed by atoms with Crippen LogP contribution in [-0.4, -0.2) is 10.5 Å². The lowest BCUT2D eigenvalue weighted by Crippen LogP contribution is -2.24. The average molecular weight is 340 g/mol. The third-order valence-corrected chi connectivity index (χ3v) is 4.57. The molecule has 1 aliphatic heterocycles. The molecule has 2 aromatic carbocycles. The summed E-state index contributed by atoms with van der Waals surface area (Å²) in [6.45, 7) is 1.99. The zero-order valence-corrected chi connectivity index (χ0v) is 13.3. The average Bonchev–Trinajstić information content (AvgIpc) is 2.90. The number of halogens is 2. The van der Waals surface area contributed by atoms with Crippen molar-refractivity contribution in [1.82, 2.24) is 4.57 Å². The molecule has 0 saturated heterocycles. The minimum atomic E-state index is -0.894. The first-order valence-corrected chi connectivity index (χ1v) is 7.89. The standard InChI is InChI=1S/C19H14F2N2O2/c1-10-8-11-4-2-5-12-17(11)23(10)9-13(18(12)24)19(25)22-16-14(20)6-3-7-15(16)21/h2-7,9-10H,8H2,1H3,(H,22,25)/t10-/m0/s1. The van der Waals surface area contributed by atoms with Crippen LogP contribution in [0.1, 0.15) is 28.9 Å². The van der Waals surface area contributed by atoms with Gasteiger partial charge in [0.1, 0.15) is 22.9 Å². The second-order valence-corrected chi connectivity index (χ2v) is 6.20. The van der Waals surface area contributed by atoms with Crippen molar-refractivity contribution < 1.29 is 13.6 Å². The van der Waals surface area contributed by atoms with Crippen LogP contribution >= 0.6 is 0 Å². The fourth-order valence-corrected chi connectivity index (χ4v) is 3.38. The molecule has 0 fully saturated rings. The summed E-state index contributed by atoms with van der Waals surface area (Å²) in [7, 11) is 0. The fraction of sp³-hybridized carbons (Fsp3) is 0.158. The SMILES string of the molecule is C[C@H]1Cc2cccc3c(=O)c(C(=O)Nc4c(F)cccc4F)cn1c23. The molecule has 1 aromatic heterocycles. The van der Waals surface area contributed by atoms with Gasteiger partial charge in [0.2, 0.25) is 5.43 Å². The maximum absolute atomic E-state index is 13.8. The van der Waals surface area contributed by atoms with E-state index < -0.39 is 28.7 Å². The molecule has 126 valence electrons. The lowest BCUT2D eigenvalue weighted by molar-refractivity contribution is 0.102. The van der Waals surface area contributed by atoms with E-state index in [0.29, 0.717) is 5.39 Å². The van der Waals surface area contributed by atoms with Gasteiger partial charge in [0.25, 0.3) is 5.91 Å². The molecule has 6 heteroatoms. The number of para-hydroxylation sites is 2. The van der Waals surface area contributed by atoms with Crippen molar-refractivity contribution in [3.8, 4) is 0 Å². The molecule has 1 N–H and O–H groups in total. The van der Waals surface area contributed by atoms with E-state index in [-0.39, 0.29) is 11.6 Å². The number of benzene rings is 2. The van der Waals surface area contributed by atoms with E-state index in [1.54, 1.807) is 12.1 Å². The Morgan fingerprint density at radius 2 is 1.84 bits per heavy atom. The van der Waals surface area contributed by atoms with Crippen molar-refractivity contribution in [2.24, 2.45) is 0 Å². The highest BCUT2D eigenvalue weighted by Gasteiger charge is 2.25. The van der Waals surface area contributed by atoms with Gasteiger partial charge in [-0.2, -0.15) is 0 Å². The van der Waals surface area contributed by atoms with Crippen LogP contribution in [0.3, 0.4) is 0 Å². The molecule has 0 radical (unpaired) electrons. The number of hydrogen-bond acceptors (Lipinski definition) is 2. The minimum absolute atomic E-state index is 0.0947. The first-order chi connectivity index (χ1) is 12.0. The highest BCUT2D eigenvalue weighted by molar-refractivity contribution is 6.06. The minimum Gasteiger partial charge on any atom is -0.343 e. The zero-order chi connectivity index (χ0) is 17.7. The maximum Gasteiger partial charge on any atom is 0.261 e. The Balaban J connectivity index is 1.85. The van der Waals surface area contributed by atoms with Crippen LogP contribution in [0.4, 0.5) is 14.5 Å². The molecular weight excluding hydrogens is 326 g/mol. The van der Waals surface area contributed by atoms with Crippen molar-refractivity contribution in [3.05, 3.63) is 75.6 Å². The predicted octanol–water partition coefficient (Wildman–Crippen LogP) is 3.65. The summed E-state index contributed by atoms with van der Waals surface area (Å²) in [5.41, 5.74) is 0.718. The van der Waals surface area contributed by atoms with E-state index in [2.05, 4.69) is 5.32 Å². The van der Waals surface area contributed by atoms with Gasteiger partial charge in [0.15, 0.2) is 0 Å².